The average Bonchev–Trinajstić information content (AvgIpc) is 3.12. The molecule has 0 radical (unpaired) electrons. The van der Waals surface area contributed by atoms with Crippen molar-refractivity contribution < 1.29 is 14.6 Å². The summed E-state index contributed by atoms with van der Waals surface area (Å²) in [7, 11) is 3.47. The first-order chi connectivity index (χ1) is 11.6. The first-order valence-electron chi connectivity index (χ1n) is 7.55. The topological polar surface area (TPSA) is 81.4 Å². The summed E-state index contributed by atoms with van der Waals surface area (Å²) >= 11 is 1.53. The summed E-state index contributed by atoms with van der Waals surface area (Å²) < 4.78 is 13.5. The molecule has 0 saturated carbocycles. The van der Waals surface area contributed by atoms with Crippen molar-refractivity contribution in [2.75, 3.05) is 25.6 Å². The third kappa shape index (κ3) is 3.60. The van der Waals surface area contributed by atoms with Crippen LogP contribution < -0.4 is 14.8 Å². The van der Waals surface area contributed by atoms with Gasteiger partial charge in [0.25, 0.3) is 0 Å². The molecule has 0 aliphatic rings. The molecule has 8 heteroatoms. The monoisotopic (exact) mass is 348 g/mol. The van der Waals surface area contributed by atoms with Gasteiger partial charge in [0.1, 0.15) is 24.2 Å². The highest BCUT2D eigenvalue weighted by Crippen LogP contribution is 2.28. The minimum atomic E-state index is -0.651. The van der Waals surface area contributed by atoms with Gasteiger partial charge in [-0.25, -0.2) is 9.67 Å². The maximum Gasteiger partial charge on any atom is 0.185 e. The molecule has 0 aliphatic heterocycles. The first kappa shape index (κ1) is 16.5. The summed E-state index contributed by atoms with van der Waals surface area (Å²) in [6.07, 6.45) is -0.651. The first-order valence-corrected chi connectivity index (χ1v) is 8.37. The Hall–Kier alpha value is -2.32. The van der Waals surface area contributed by atoms with Gasteiger partial charge in [-0.1, -0.05) is 17.4 Å². The van der Waals surface area contributed by atoms with E-state index in [1.165, 1.54) is 11.3 Å². The molecule has 1 atom stereocenters. The van der Waals surface area contributed by atoms with Gasteiger partial charge in [-0.3, -0.25) is 0 Å². The highest BCUT2D eigenvalue weighted by molar-refractivity contribution is 7.22. The van der Waals surface area contributed by atoms with Gasteiger partial charge in [-0.15, -0.1) is 0 Å². The number of anilines is 1. The minimum absolute atomic E-state index is 0.186. The van der Waals surface area contributed by atoms with Crippen molar-refractivity contribution in [3.63, 3.8) is 0 Å². The lowest BCUT2D eigenvalue weighted by molar-refractivity contribution is 0.117. The molecular formula is C16H20N4O3S. The fourth-order valence-electron chi connectivity index (χ4n) is 2.31. The highest BCUT2D eigenvalue weighted by atomic mass is 32.1. The Labute approximate surface area is 143 Å². The van der Waals surface area contributed by atoms with Gasteiger partial charge in [0.05, 0.1) is 17.5 Å². The normalized spacial score (nSPS) is 12.3. The predicted molar refractivity (Wildman–Crippen MR) is 94.1 cm³/mol. The third-order valence-electron chi connectivity index (χ3n) is 3.52. The Balaban J connectivity index is 1.52. The van der Waals surface area contributed by atoms with Crippen LogP contribution in [0, 0.1) is 6.92 Å². The van der Waals surface area contributed by atoms with Crippen LogP contribution in [0.1, 0.15) is 5.69 Å². The molecule has 2 aromatic heterocycles. The lowest BCUT2D eigenvalue weighted by atomic mass is 10.3. The molecule has 7 nitrogen and oxygen atoms in total. The van der Waals surface area contributed by atoms with Crippen LogP contribution in [0.4, 0.5) is 5.13 Å². The lowest BCUT2D eigenvalue weighted by Crippen LogP contribution is -2.26. The Bertz CT molecular complexity index is 795. The number of aryl methyl sites for hydroxylation is 2. The van der Waals surface area contributed by atoms with Crippen LogP contribution in [-0.4, -0.2) is 46.2 Å². The van der Waals surface area contributed by atoms with Crippen LogP contribution in [0.5, 0.6) is 11.5 Å². The van der Waals surface area contributed by atoms with Crippen LogP contribution in [-0.2, 0) is 7.05 Å². The smallest absolute Gasteiger partial charge is 0.185 e. The number of nitrogens with zero attached hydrogens (tertiary/aromatic N) is 3. The van der Waals surface area contributed by atoms with E-state index in [-0.39, 0.29) is 6.61 Å². The number of hydrogen-bond donors (Lipinski definition) is 2. The molecule has 0 unspecified atom stereocenters. The predicted octanol–water partition coefficient (Wildman–Crippen LogP) is 2.20. The molecular weight excluding hydrogens is 328 g/mol. The number of benzene rings is 1. The summed E-state index contributed by atoms with van der Waals surface area (Å²) in [6.45, 7) is 2.50. The molecule has 1 aromatic carbocycles. The highest BCUT2D eigenvalue weighted by Gasteiger charge is 2.13. The van der Waals surface area contributed by atoms with E-state index < -0.39 is 6.10 Å². The van der Waals surface area contributed by atoms with Gasteiger partial charge in [-0.05, 0) is 19.1 Å². The van der Waals surface area contributed by atoms with E-state index in [0.29, 0.717) is 12.3 Å². The molecule has 24 heavy (non-hydrogen) atoms. The zero-order chi connectivity index (χ0) is 17.1. The number of ether oxygens (including phenoxy) is 2. The van der Waals surface area contributed by atoms with Gasteiger partial charge in [-0.2, -0.15) is 5.10 Å². The molecule has 0 bridgehead atoms. The summed E-state index contributed by atoms with van der Waals surface area (Å²) in [5.41, 5.74) is 1.81. The summed E-state index contributed by atoms with van der Waals surface area (Å²) in [5, 5.41) is 18.3. The van der Waals surface area contributed by atoms with Crippen molar-refractivity contribution in [2.24, 2.45) is 7.05 Å². The molecule has 0 saturated heterocycles. The lowest BCUT2D eigenvalue weighted by Gasteiger charge is -2.13. The number of rotatable bonds is 7. The molecule has 2 N–H and O–H groups in total. The maximum absolute atomic E-state index is 10.1. The van der Waals surface area contributed by atoms with Crippen molar-refractivity contribution in [3.05, 3.63) is 30.0 Å². The molecule has 0 amide bonds. The number of thiazole rings is 1. The van der Waals surface area contributed by atoms with E-state index in [2.05, 4.69) is 15.4 Å². The second kappa shape index (κ2) is 7.06. The number of methoxy groups -OCH3 is 1. The Morgan fingerprint density at radius 3 is 2.92 bits per heavy atom. The van der Waals surface area contributed by atoms with Crippen molar-refractivity contribution in [2.45, 2.75) is 13.0 Å². The SMILES string of the molecule is COc1cccc(OC[C@H](O)CNc2nc3c(s2)c(C)nn3C)c1. The van der Waals surface area contributed by atoms with Crippen LogP contribution in [0.15, 0.2) is 24.3 Å². The Kier molecular flexibility index (Phi) is 4.86. The minimum Gasteiger partial charge on any atom is -0.497 e. The van der Waals surface area contributed by atoms with Crippen LogP contribution in [0.3, 0.4) is 0 Å². The zero-order valence-corrected chi connectivity index (χ0v) is 14.6. The van der Waals surface area contributed by atoms with E-state index in [4.69, 9.17) is 9.47 Å². The van der Waals surface area contributed by atoms with E-state index in [1.54, 1.807) is 17.9 Å². The van der Waals surface area contributed by atoms with Crippen molar-refractivity contribution >= 4 is 26.8 Å². The van der Waals surface area contributed by atoms with Crippen molar-refractivity contribution in [3.8, 4) is 11.5 Å². The Morgan fingerprint density at radius 1 is 1.38 bits per heavy atom. The van der Waals surface area contributed by atoms with Gasteiger partial charge in [0, 0.05) is 19.7 Å². The maximum atomic E-state index is 10.1. The molecule has 3 aromatic rings. The van der Waals surface area contributed by atoms with Crippen molar-refractivity contribution in [1.82, 2.24) is 14.8 Å². The van der Waals surface area contributed by atoms with Crippen LogP contribution >= 0.6 is 11.3 Å². The molecule has 0 spiro atoms. The number of hydrogen-bond acceptors (Lipinski definition) is 7. The van der Waals surface area contributed by atoms with E-state index >= 15 is 0 Å². The fraction of sp³-hybridized carbons (Fsp3) is 0.375. The van der Waals surface area contributed by atoms with E-state index in [0.717, 1.165) is 26.9 Å². The summed E-state index contributed by atoms with van der Waals surface area (Å²) in [4.78, 5) is 4.49. The van der Waals surface area contributed by atoms with Crippen LogP contribution in [0.25, 0.3) is 10.3 Å². The molecule has 0 fully saturated rings. The Morgan fingerprint density at radius 2 is 2.17 bits per heavy atom. The largest absolute Gasteiger partial charge is 0.497 e. The summed E-state index contributed by atoms with van der Waals surface area (Å²) in [6, 6.07) is 7.29. The number of aliphatic hydroxyl groups excluding tert-OH is 1. The van der Waals surface area contributed by atoms with E-state index in [9.17, 15) is 5.11 Å². The van der Waals surface area contributed by atoms with E-state index in [1.807, 2.05) is 32.2 Å². The van der Waals surface area contributed by atoms with Gasteiger partial charge >= 0.3 is 0 Å². The van der Waals surface area contributed by atoms with Crippen molar-refractivity contribution in [1.29, 1.82) is 0 Å². The molecule has 0 aliphatic carbocycles. The van der Waals surface area contributed by atoms with Gasteiger partial charge in [0.15, 0.2) is 10.8 Å². The number of fused-ring (bicyclic) bond motifs is 1. The number of aromatic nitrogens is 3. The molecule has 3 rings (SSSR count). The number of nitrogens with one attached hydrogen (secondary N) is 1. The fourth-order valence-corrected chi connectivity index (χ4v) is 3.25. The number of aliphatic hydroxyl groups is 1. The molecule has 2 heterocycles. The standard InChI is InChI=1S/C16H20N4O3S/c1-10-14-15(20(2)19-10)18-16(24-14)17-8-11(21)9-23-13-6-4-5-12(7-13)22-3/h4-7,11,21H,8-9H2,1-3H3,(H,17,18)/t11-/m1/s1. The zero-order valence-electron chi connectivity index (χ0n) is 13.8. The quantitative estimate of drug-likeness (QED) is 0.681. The average molecular weight is 348 g/mol. The van der Waals surface area contributed by atoms with Gasteiger partial charge < -0.3 is 19.9 Å². The van der Waals surface area contributed by atoms with Gasteiger partial charge in [0.2, 0.25) is 0 Å². The third-order valence-corrected chi connectivity index (χ3v) is 4.63. The second-order valence-corrected chi connectivity index (χ2v) is 6.40. The second-order valence-electron chi connectivity index (χ2n) is 5.41. The summed E-state index contributed by atoms with van der Waals surface area (Å²) in [5.74, 6) is 1.38. The molecule has 128 valence electrons. The van der Waals surface area contributed by atoms with Crippen LogP contribution in [0.2, 0.25) is 0 Å².